The molecule has 0 radical (unpaired) electrons. The molecule has 1 unspecified atom stereocenters. The van der Waals surface area contributed by atoms with Gasteiger partial charge in [0, 0.05) is 31.0 Å². The lowest BCUT2D eigenvalue weighted by atomic mass is 10.2. The third-order valence-electron chi connectivity index (χ3n) is 4.63. The molecule has 1 fully saturated rings. The van der Waals surface area contributed by atoms with Crippen LogP contribution in [0.15, 0.2) is 54.6 Å². The van der Waals surface area contributed by atoms with Gasteiger partial charge in [-0.15, -0.1) is 23.5 Å². The Balaban J connectivity index is 1.50. The van der Waals surface area contributed by atoms with E-state index in [1.54, 1.807) is 0 Å². The van der Waals surface area contributed by atoms with E-state index in [9.17, 15) is 4.79 Å². The second-order valence-electron chi connectivity index (χ2n) is 6.68. The van der Waals surface area contributed by atoms with Crippen LogP contribution in [0.25, 0.3) is 0 Å². The standard InChI is InChI=1S/C21H27N3OS2/c1-16(24(2)19-10-4-3-5-11-19)15-22-21(25)23-18-9-6-8-17(14-18)20-26-12-7-13-27-20/h3-6,8-11,14,16,20H,7,12-13,15H2,1-2H3,(H2,22,23,25). The van der Waals surface area contributed by atoms with Crippen molar-refractivity contribution in [2.45, 2.75) is 24.0 Å². The van der Waals surface area contributed by atoms with Crippen molar-refractivity contribution in [3.8, 4) is 0 Å². The van der Waals surface area contributed by atoms with Crippen LogP contribution in [0.5, 0.6) is 0 Å². The quantitative estimate of drug-likeness (QED) is 0.698. The normalized spacial score (nSPS) is 15.8. The second-order valence-corrected chi connectivity index (χ2v) is 9.41. The largest absolute Gasteiger partial charge is 0.370 e. The minimum absolute atomic E-state index is 0.163. The smallest absolute Gasteiger partial charge is 0.319 e. The first-order valence-corrected chi connectivity index (χ1v) is 11.4. The highest BCUT2D eigenvalue weighted by molar-refractivity contribution is 8.16. The zero-order chi connectivity index (χ0) is 19.1. The van der Waals surface area contributed by atoms with E-state index in [1.165, 1.54) is 23.5 Å². The maximum atomic E-state index is 12.3. The summed E-state index contributed by atoms with van der Waals surface area (Å²) in [5.74, 6) is 2.42. The van der Waals surface area contributed by atoms with Crippen molar-refractivity contribution in [1.82, 2.24) is 5.32 Å². The van der Waals surface area contributed by atoms with Gasteiger partial charge in [0.05, 0.1) is 4.58 Å². The molecule has 3 rings (SSSR count). The molecule has 1 saturated heterocycles. The summed E-state index contributed by atoms with van der Waals surface area (Å²) in [6.45, 7) is 2.68. The minimum atomic E-state index is -0.163. The van der Waals surface area contributed by atoms with Crippen LogP contribution in [-0.2, 0) is 0 Å². The Labute approximate surface area is 170 Å². The molecule has 2 aromatic carbocycles. The molecule has 0 bridgehead atoms. The average molecular weight is 402 g/mol. The van der Waals surface area contributed by atoms with Gasteiger partial charge in [-0.05, 0) is 54.7 Å². The second kappa shape index (κ2) is 9.95. The summed E-state index contributed by atoms with van der Waals surface area (Å²) in [5, 5.41) is 5.95. The number of likely N-dealkylation sites (N-methyl/N-ethyl adjacent to an activating group) is 1. The number of benzene rings is 2. The van der Waals surface area contributed by atoms with Gasteiger partial charge in [-0.2, -0.15) is 0 Å². The van der Waals surface area contributed by atoms with Crippen LogP contribution in [0, 0.1) is 0 Å². The highest BCUT2D eigenvalue weighted by Gasteiger charge is 2.17. The van der Waals surface area contributed by atoms with Crippen LogP contribution in [0.4, 0.5) is 16.2 Å². The number of carbonyl (C=O) groups excluding carboxylic acids is 1. The Bertz CT molecular complexity index is 735. The van der Waals surface area contributed by atoms with Gasteiger partial charge in [0.2, 0.25) is 0 Å². The number of para-hydroxylation sites is 1. The molecule has 1 atom stereocenters. The fourth-order valence-corrected chi connectivity index (χ4v) is 5.79. The van der Waals surface area contributed by atoms with Crippen LogP contribution < -0.4 is 15.5 Å². The van der Waals surface area contributed by atoms with Crippen molar-refractivity contribution in [2.24, 2.45) is 0 Å². The van der Waals surface area contributed by atoms with Crippen molar-refractivity contribution in [3.63, 3.8) is 0 Å². The van der Waals surface area contributed by atoms with Gasteiger partial charge >= 0.3 is 6.03 Å². The predicted octanol–water partition coefficient (Wildman–Crippen LogP) is 5.20. The number of amides is 2. The average Bonchev–Trinajstić information content (AvgIpc) is 2.73. The summed E-state index contributed by atoms with van der Waals surface area (Å²) in [4.78, 5) is 14.5. The molecule has 0 aliphatic carbocycles. The Morgan fingerprint density at radius 2 is 1.89 bits per heavy atom. The number of hydrogen-bond acceptors (Lipinski definition) is 4. The number of nitrogens with one attached hydrogen (secondary N) is 2. The van der Waals surface area contributed by atoms with E-state index in [2.05, 4.69) is 46.7 Å². The van der Waals surface area contributed by atoms with E-state index in [-0.39, 0.29) is 12.1 Å². The number of thioether (sulfide) groups is 2. The summed E-state index contributed by atoms with van der Waals surface area (Å²) >= 11 is 3.98. The number of hydrogen-bond donors (Lipinski definition) is 2. The molecule has 2 aromatic rings. The first kappa shape index (κ1) is 20.0. The Kier molecular flexibility index (Phi) is 7.35. The third kappa shape index (κ3) is 5.84. The maximum Gasteiger partial charge on any atom is 0.319 e. The lowest BCUT2D eigenvalue weighted by molar-refractivity contribution is 0.251. The monoisotopic (exact) mass is 401 g/mol. The molecular weight excluding hydrogens is 374 g/mol. The first-order valence-electron chi connectivity index (χ1n) is 9.29. The molecule has 6 heteroatoms. The summed E-state index contributed by atoms with van der Waals surface area (Å²) in [6, 6.07) is 18.4. The number of carbonyl (C=O) groups is 1. The van der Waals surface area contributed by atoms with E-state index in [0.29, 0.717) is 11.1 Å². The summed E-state index contributed by atoms with van der Waals surface area (Å²) in [6.07, 6.45) is 1.28. The molecule has 0 aromatic heterocycles. The lowest BCUT2D eigenvalue weighted by Crippen LogP contribution is -2.41. The van der Waals surface area contributed by atoms with E-state index in [0.717, 1.165) is 11.4 Å². The van der Waals surface area contributed by atoms with Crippen LogP contribution in [-0.4, -0.2) is 37.2 Å². The molecule has 0 saturated carbocycles. The van der Waals surface area contributed by atoms with Crippen LogP contribution in [0.1, 0.15) is 23.5 Å². The fraction of sp³-hybridized carbons (Fsp3) is 0.381. The Hall–Kier alpha value is -1.79. The Morgan fingerprint density at radius 3 is 2.63 bits per heavy atom. The number of nitrogens with zero attached hydrogens (tertiary/aromatic N) is 1. The molecule has 2 amide bonds. The summed E-state index contributed by atoms with van der Waals surface area (Å²) in [5.41, 5.74) is 3.27. The predicted molar refractivity (Wildman–Crippen MR) is 120 cm³/mol. The van der Waals surface area contributed by atoms with Gasteiger partial charge < -0.3 is 15.5 Å². The maximum absolute atomic E-state index is 12.3. The molecule has 144 valence electrons. The third-order valence-corrected chi connectivity index (χ3v) is 7.64. The minimum Gasteiger partial charge on any atom is -0.370 e. The van der Waals surface area contributed by atoms with Crippen LogP contribution >= 0.6 is 23.5 Å². The van der Waals surface area contributed by atoms with Crippen molar-refractivity contribution >= 4 is 40.9 Å². The van der Waals surface area contributed by atoms with E-state index in [4.69, 9.17) is 0 Å². The van der Waals surface area contributed by atoms with Crippen molar-refractivity contribution in [3.05, 3.63) is 60.2 Å². The zero-order valence-corrected chi connectivity index (χ0v) is 17.5. The van der Waals surface area contributed by atoms with E-state index in [1.807, 2.05) is 60.9 Å². The first-order chi connectivity index (χ1) is 13.1. The van der Waals surface area contributed by atoms with E-state index >= 15 is 0 Å². The van der Waals surface area contributed by atoms with Crippen molar-refractivity contribution in [2.75, 3.05) is 35.3 Å². The van der Waals surface area contributed by atoms with Gasteiger partial charge in [-0.3, -0.25) is 0 Å². The van der Waals surface area contributed by atoms with Crippen LogP contribution in [0.3, 0.4) is 0 Å². The van der Waals surface area contributed by atoms with Crippen molar-refractivity contribution in [1.29, 1.82) is 0 Å². The molecule has 4 nitrogen and oxygen atoms in total. The van der Waals surface area contributed by atoms with E-state index < -0.39 is 0 Å². The Morgan fingerprint density at radius 1 is 1.15 bits per heavy atom. The lowest BCUT2D eigenvalue weighted by Gasteiger charge is -2.27. The van der Waals surface area contributed by atoms with Gasteiger partial charge in [-0.25, -0.2) is 4.79 Å². The zero-order valence-electron chi connectivity index (χ0n) is 15.9. The molecule has 1 aliphatic rings. The topological polar surface area (TPSA) is 44.4 Å². The molecule has 0 spiro atoms. The summed E-state index contributed by atoms with van der Waals surface area (Å²) < 4.78 is 0.475. The molecule has 27 heavy (non-hydrogen) atoms. The van der Waals surface area contributed by atoms with Gasteiger partial charge in [-0.1, -0.05) is 30.3 Å². The molecule has 1 heterocycles. The van der Waals surface area contributed by atoms with Crippen LogP contribution in [0.2, 0.25) is 0 Å². The number of anilines is 2. The van der Waals surface area contributed by atoms with Gasteiger partial charge in [0.25, 0.3) is 0 Å². The number of urea groups is 1. The van der Waals surface area contributed by atoms with Gasteiger partial charge in [0.1, 0.15) is 0 Å². The van der Waals surface area contributed by atoms with Crippen molar-refractivity contribution < 1.29 is 4.79 Å². The fourth-order valence-electron chi connectivity index (χ4n) is 2.91. The van der Waals surface area contributed by atoms with Gasteiger partial charge in [0.15, 0.2) is 0 Å². The molecule has 1 aliphatic heterocycles. The number of rotatable bonds is 6. The SMILES string of the molecule is CC(CNC(=O)Nc1cccc(C2SCCCS2)c1)N(C)c1ccccc1. The molecular formula is C21H27N3OS2. The highest BCUT2D eigenvalue weighted by atomic mass is 32.2. The molecule has 2 N–H and O–H groups in total. The highest BCUT2D eigenvalue weighted by Crippen LogP contribution is 2.44. The summed E-state index contributed by atoms with van der Waals surface area (Å²) in [7, 11) is 2.04.